The number of likely N-dealkylation sites (tertiary alicyclic amines) is 1. The Morgan fingerprint density at radius 3 is 2.71 bits per heavy atom. The normalized spacial score (nSPS) is 17.0. The molecular formula is C20H22BrNO6. The highest BCUT2D eigenvalue weighted by Gasteiger charge is 2.31. The maximum absolute atomic E-state index is 12.2. The van der Waals surface area contributed by atoms with Gasteiger partial charge in [0.05, 0.1) is 11.9 Å². The number of hydrogen-bond acceptors (Lipinski definition) is 6. The number of amides is 1. The lowest BCUT2D eigenvalue weighted by Crippen LogP contribution is -2.36. The summed E-state index contributed by atoms with van der Waals surface area (Å²) in [5, 5.41) is 0.693. The largest absolute Gasteiger partial charge is 0.488 e. The first kappa shape index (κ1) is 20.4. The number of hydrogen-bond donors (Lipinski definition) is 0. The number of rotatable bonds is 4. The van der Waals surface area contributed by atoms with Crippen molar-refractivity contribution in [1.82, 2.24) is 4.90 Å². The van der Waals surface area contributed by atoms with Gasteiger partial charge in [0, 0.05) is 24.4 Å². The average molecular weight is 452 g/mol. The second kappa shape index (κ2) is 7.95. The highest BCUT2D eigenvalue weighted by molar-refractivity contribution is 9.09. The molecule has 1 atom stereocenters. The molecule has 150 valence electrons. The van der Waals surface area contributed by atoms with Crippen LogP contribution in [0.2, 0.25) is 0 Å². The fraction of sp³-hybridized carbons (Fsp3) is 0.450. The summed E-state index contributed by atoms with van der Waals surface area (Å²) in [6.07, 6.45) is 0.151. The van der Waals surface area contributed by atoms with Crippen molar-refractivity contribution >= 4 is 38.8 Å². The predicted octanol–water partition coefficient (Wildman–Crippen LogP) is 3.76. The van der Waals surface area contributed by atoms with Crippen LogP contribution in [0.25, 0.3) is 11.0 Å². The molecule has 1 amide bonds. The number of carbonyl (C=O) groups excluding carboxylic acids is 2. The molecule has 0 saturated carbocycles. The Morgan fingerprint density at radius 2 is 2.04 bits per heavy atom. The van der Waals surface area contributed by atoms with Crippen LogP contribution >= 0.6 is 15.9 Å². The maximum atomic E-state index is 12.2. The summed E-state index contributed by atoms with van der Waals surface area (Å²) in [7, 11) is 0. The first-order valence-electron chi connectivity index (χ1n) is 8.98. The van der Waals surface area contributed by atoms with Gasteiger partial charge in [-0.1, -0.05) is 15.9 Å². The molecule has 1 fully saturated rings. The minimum atomic E-state index is -0.675. The number of halogens is 1. The molecule has 1 unspecified atom stereocenters. The van der Waals surface area contributed by atoms with Crippen molar-refractivity contribution in [2.75, 3.05) is 18.4 Å². The summed E-state index contributed by atoms with van der Waals surface area (Å²) in [5.41, 5.74) is -0.857. The van der Waals surface area contributed by atoms with Gasteiger partial charge < -0.3 is 18.8 Å². The van der Waals surface area contributed by atoms with Gasteiger partial charge in [-0.3, -0.25) is 4.79 Å². The molecule has 3 rings (SSSR count). The Balaban J connectivity index is 1.71. The van der Waals surface area contributed by atoms with Crippen LogP contribution in [0.3, 0.4) is 0 Å². The number of nitrogens with zero attached hydrogens (tertiary/aromatic N) is 1. The van der Waals surface area contributed by atoms with Crippen molar-refractivity contribution in [2.45, 2.75) is 38.9 Å². The summed E-state index contributed by atoms with van der Waals surface area (Å²) in [6, 6.07) is 6.63. The van der Waals surface area contributed by atoms with E-state index in [1.165, 1.54) is 6.07 Å². The number of benzene rings is 1. The van der Waals surface area contributed by atoms with Crippen molar-refractivity contribution in [3.8, 4) is 5.75 Å². The number of carbonyl (C=O) groups is 2. The Kier molecular flexibility index (Phi) is 5.79. The van der Waals surface area contributed by atoms with E-state index in [1.807, 2.05) is 20.8 Å². The molecule has 0 aliphatic carbocycles. The first-order valence-corrected chi connectivity index (χ1v) is 10.1. The summed E-state index contributed by atoms with van der Waals surface area (Å²) < 4.78 is 16.6. The van der Waals surface area contributed by atoms with Crippen LogP contribution in [0.1, 0.15) is 37.6 Å². The van der Waals surface area contributed by atoms with Crippen molar-refractivity contribution < 1.29 is 23.5 Å². The highest BCUT2D eigenvalue weighted by Crippen LogP contribution is 2.24. The van der Waals surface area contributed by atoms with E-state index in [0.717, 1.165) is 0 Å². The lowest BCUT2D eigenvalue weighted by Gasteiger charge is -2.24. The van der Waals surface area contributed by atoms with Gasteiger partial charge in [0.1, 0.15) is 28.6 Å². The zero-order valence-corrected chi connectivity index (χ0v) is 17.6. The molecule has 0 spiro atoms. The Morgan fingerprint density at radius 1 is 1.29 bits per heavy atom. The van der Waals surface area contributed by atoms with E-state index in [2.05, 4.69) is 15.9 Å². The SMILES string of the molecule is CC(C)(C)OC(=O)N1CCC(Oc2ccc3cc(C(=O)CBr)c(=O)oc3c2)C1. The van der Waals surface area contributed by atoms with Gasteiger partial charge in [-0.25, -0.2) is 9.59 Å². The molecule has 0 N–H and O–H groups in total. The second-order valence-corrected chi connectivity index (χ2v) is 8.22. The molecule has 1 aromatic carbocycles. The third-order valence-electron chi connectivity index (χ3n) is 4.23. The topological polar surface area (TPSA) is 86.0 Å². The first-order chi connectivity index (χ1) is 13.2. The third kappa shape index (κ3) is 4.73. The molecule has 7 nitrogen and oxygen atoms in total. The summed E-state index contributed by atoms with van der Waals surface area (Å²) in [4.78, 5) is 37.6. The number of ether oxygens (including phenoxy) is 2. The molecule has 2 heterocycles. The lowest BCUT2D eigenvalue weighted by atomic mass is 10.1. The van der Waals surface area contributed by atoms with E-state index in [4.69, 9.17) is 13.9 Å². The van der Waals surface area contributed by atoms with Crippen LogP contribution in [-0.2, 0) is 4.74 Å². The van der Waals surface area contributed by atoms with Crippen LogP contribution in [0.4, 0.5) is 4.79 Å². The summed E-state index contributed by atoms with van der Waals surface area (Å²) in [5.74, 6) is 0.204. The van der Waals surface area contributed by atoms with Gasteiger partial charge in [0.2, 0.25) is 0 Å². The van der Waals surface area contributed by atoms with Crippen LogP contribution in [-0.4, -0.2) is 46.9 Å². The van der Waals surface area contributed by atoms with Crippen molar-refractivity contribution in [1.29, 1.82) is 0 Å². The Hall–Kier alpha value is -2.35. The van der Waals surface area contributed by atoms with Gasteiger partial charge in [0.25, 0.3) is 0 Å². The van der Waals surface area contributed by atoms with Crippen molar-refractivity contribution in [3.63, 3.8) is 0 Å². The molecule has 1 aliphatic heterocycles. The van der Waals surface area contributed by atoms with Crippen LogP contribution in [0, 0.1) is 0 Å². The average Bonchev–Trinajstić information content (AvgIpc) is 3.07. The Bertz CT molecular complexity index is 961. The van der Waals surface area contributed by atoms with Gasteiger partial charge in [-0.05, 0) is 39.0 Å². The Labute approximate surface area is 170 Å². The number of alkyl halides is 1. The van der Waals surface area contributed by atoms with Crippen LogP contribution < -0.4 is 10.4 Å². The minimum Gasteiger partial charge on any atom is -0.488 e. The quantitative estimate of drug-likeness (QED) is 0.399. The molecule has 0 bridgehead atoms. The molecule has 28 heavy (non-hydrogen) atoms. The zero-order valence-electron chi connectivity index (χ0n) is 16.0. The van der Waals surface area contributed by atoms with Gasteiger partial charge in [-0.2, -0.15) is 0 Å². The number of ketones is 1. The third-order valence-corrected chi connectivity index (χ3v) is 4.74. The van der Waals surface area contributed by atoms with E-state index in [9.17, 15) is 14.4 Å². The molecule has 1 aliphatic rings. The predicted molar refractivity (Wildman–Crippen MR) is 107 cm³/mol. The second-order valence-electron chi connectivity index (χ2n) is 7.66. The summed E-state index contributed by atoms with van der Waals surface area (Å²) in [6.45, 7) is 6.47. The summed E-state index contributed by atoms with van der Waals surface area (Å²) >= 11 is 3.05. The zero-order chi connectivity index (χ0) is 20.5. The molecular weight excluding hydrogens is 430 g/mol. The fourth-order valence-corrected chi connectivity index (χ4v) is 3.24. The molecule has 1 aromatic heterocycles. The molecule has 8 heteroatoms. The molecule has 1 saturated heterocycles. The number of Topliss-reactive ketones (excluding diaryl/α,β-unsaturated/α-hetero) is 1. The number of fused-ring (bicyclic) bond motifs is 1. The van der Waals surface area contributed by atoms with Crippen LogP contribution in [0.15, 0.2) is 33.5 Å². The standard InChI is InChI=1S/C20H22BrNO6/c1-20(2,3)28-19(25)22-7-6-14(11-22)26-13-5-4-12-8-15(16(23)10-21)18(24)27-17(12)9-13/h4-5,8-9,14H,6-7,10-11H2,1-3H3. The lowest BCUT2D eigenvalue weighted by molar-refractivity contribution is 0.0275. The van der Waals surface area contributed by atoms with Crippen LogP contribution in [0.5, 0.6) is 5.75 Å². The monoisotopic (exact) mass is 451 g/mol. The maximum Gasteiger partial charge on any atom is 0.410 e. The van der Waals surface area contributed by atoms with E-state index in [0.29, 0.717) is 36.2 Å². The van der Waals surface area contributed by atoms with Crippen molar-refractivity contribution in [2.24, 2.45) is 0 Å². The highest BCUT2D eigenvalue weighted by atomic mass is 79.9. The van der Waals surface area contributed by atoms with Gasteiger partial charge in [-0.15, -0.1) is 0 Å². The van der Waals surface area contributed by atoms with E-state index in [1.54, 1.807) is 23.1 Å². The fourth-order valence-electron chi connectivity index (χ4n) is 2.94. The van der Waals surface area contributed by atoms with E-state index < -0.39 is 11.2 Å². The smallest absolute Gasteiger partial charge is 0.410 e. The van der Waals surface area contributed by atoms with E-state index in [-0.39, 0.29) is 28.9 Å². The van der Waals surface area contributed by atoms with Gasteiger partial charge >= 0.3 is 11.7 Å². The molecule has 2 aromatic rings. The van der Waals surface area contributed by atoms with Crippen molar-refractivity contribution in [3.05, 3.63) is 40.2 Å². The minimum absolute atomic E-state index is 0.0156. The van der Waals surface area contributed by atoms with Gasteiger partial charge in [0.15, 0.2) is 5.78 Å². The van der Waals surface area contributed by atoms with E-state index >= 15 is 0 Å². The molecule has 0 radical (unpaired) electrons.